The number of nitriles is 1. The Bertz CT molecular complexity index is 1250. The zero-order valence-electron chi connectivity index (χ0n) is 17.2. The molecule has 168 valence electrons. The number of carbonyl (C=O) groups excluding carboxylic acids is 1. The standard InChI is InChI=1S/C24H17BrCl2N2O4/c1-32-22-10-15(9-16(12-28)24(31)29-17-3-5-18(30)6-4-17)19(25)11-23(22)33-13-14-2-7-20(26)21(27)8-14/h2-11,30H,13H2,1H3,(H,29,31)/b16-9+. The molecule has 1 amide bonds. The summed E-state index contributed by atoms with van der Waals surface area (Å²) in [7, 11) is 1.49. The van der Waals surface area contributed by atoms with Gasteiger partial charge in [0.1, 0.15) is 24.0 Å². The molecule has 0 aromatic heterocycles. The van der Waals surface area contributed by atoms with Gasteiger partial charge >= 0.3 is 0 Å². The lowest BCUT2D eigenvalue weighted by Crippen LogP contribution is -2.13. The average molecular weight is 548 g/mol. The van der Waals surface area contributed by atoms with E-state index in [1.54, 1.807) is 30.3 Å². The fourth-order valence-corrected chi connectivity index (χ4v) is 3.53. The number of methoxy groups -OCH3 is 1. The Labute approximate surface area is 209 Å². The summed E-state index contributed by atoms with van der Waals surface area (Å²) in [5.41, 5.74) is 1.70. The molecule has 0 heterocycles. The van der Waals surface area contributed by atoms with E-state index in [4.69, 9.17) is 32.7 Å². The highest BCUT2D eigenvalue weighted by atomic mass is 79.9. The summed E-state index contributed by atoms with van der Waals surface area (Å²) in [5.74, 6) is 0.357. The number of benzene rings is 3. The number of ether oxygens (including phenoxy) is 2. The summed E-state index contributed by atoms with van der Waals surface area (Å²) in [4.78, 5) is 12.5. The molecule has 0 fully saturated rings. The third-order valence-electron chi connectivity index (χ3n) is 4.45. The predicted octanol–water partition coefficient (Wildman–Crippen LogP) is 6.59. The van der Waals surface area contributed by atoms with Gasteiger partial charge in [-0.05, 0) is 65.7 Å². The third kappa shape index (κ3) is 6.42. The van der Waals surface area contributed by atoms with Crippen LogP contribution in [-0.4, -0.2) is 18.1 Å². The molecule has 9 heteroatoms. The lowest BCUT2D eigenvalue weighted by molar-refractivity contribution is -0.112. The van der Waals surface area contributed by atoms with Crippen LogP contribution in [0.4, 0.5) is 5.69 Å². The van der Waals surface area contributed by atoms with Gasteiger partial charge in [-0.1, -0.05) is 45.2 Å². The zero-order chi connectivity index (χ0) is 24.0. The van der Waals surface area contributed by atoms with Crippen molar-refractivity contribution in [1.82, 2.24) is 0 Å². The molecule has 0 saturated heterocycles. The SMILES string of the molecule is COc1cc(/C=C(\C#N)C(=O)Nc2ccc(O)cc2)c(Br)cc1OCc1ccc(Cl)c(Cl)c1. The molecule has 3 rings (SSSR count). The van der Waals surface area contributed by atoms with Gasteiger partial charge in [0.2, 0.25) is 0 Å². The van der Waals surface area contributed by atoms with E-state index in [1.165, 1.54) is 37.5 Å². The van der Waals surface area contributed by atoms with Crippen LogP contribution in [-0.2, 0) is 11.4 Å². The van der Waals surface area contributed by atoms with E-state index in [1.807, 2.05) is 6.07 Å². The second-order valence-electron chi connectivity index (χ2n) is 6.73. The molecule has 0 atom stereocenters. The number of anilines is 1. The molecular formula is C24H17BrCl2N2O4. The van der Waals surface area contributed by atoms with Crippen LogP contribution in [0.5, 0.6) is 17.2 Å². The minimum atomic E-state index is -0.589. The fraction of sp³-hybridized carbons (Fsp3) is 0.0833. The maximum Gasteiger partial charge on any atom is 0.266 e. The monoisotopic (exact) mass is 546 g/mol. The molecule has 0 radical (unpaired) electrons. The summed E-state index contributed by atoms with van der Waals surface area (Å²) < 4.78 is 11.9. The maximum absolute atomic E-state index is 12.5. The van der Waals surface area contributed by atoms with Gasteiger partial charge in [-0.25, -0.2) is 0 Å². The van der Waals surface area contributed by atoms with Crippen molar-refractivity contribution in [2.75, 3.05) is 12.4 Å². The predicted molar refractivity (Wildman–Crippen MR) is 132 cm³/mol. The van der Waals surface area contributed by atoms with E-state index >= 15 is 0 Å². The molecule has 0 unspecified atom stereocenters. The van der Waals surface area contributed by atoms with E-state index in [9.17, 15) is 15.2 Å². The lowest BCUT2D eigenvalue weighted by atomic mass is 10.1. The third-order valence-corrected chi connectivity index (χ3v) is 5.88. The van der Waals surface area contributed by atoms with Gasteiger partial charge in [-0.2, -0.15) is 5.26 Å². The van der Waals surface area contributed by atoms with E-state index in [2.05, 4.69) is 21.2 Å². The van der Waals surface area contributed by atoms with Crippen LogP contribution in [0.1, 0.15) is 11.1 Å². The van der Waals surface area contributed by atoms with E-state index in [-0.39, 0.29) is 17.9 Å². The number of aromatic hydroxyl groups is 1. The molecule has 3 aromatic rings. The Balaban J connectivity index is 1.81. The Hall–Kier alpha value is -3.18. The minimum Gasteiger partial charge on any atom is -0.508 e. The number of phenols is 1. The minimum absolute atomic E-state index is 0.0709. The van der Waals surface area contributed by atoms with Crippen LogP contribution in [0.3, 0.4) is 0 Å². The second-order valence-corrected chi connectivity index (χ2v) is 8.40. The summed E-state index contributed by atoms with van der Waals surface area (Å²) in [5, 5.41) is 22.4. The van der Waals surface area contributed by atoms with Gasteiger partial charge < -0.3 is 19.9 Å². The highest BCUT2D eigenvalue weighted by Gasteiger charge is 2.14. The number of nitrogens with zero attached hydrogens (tertiary/aromatic N) is 1. The van der Waals surface area contributed by atoms with Gasteiger partial charge in [-0.15, -0.1) is 0 Å². The van der Waals surface area contributed by atoms with Crippen molar-refractivity contribution in [2.24, 2.45) is 0 Å². The number of hydrogen-bond donors (Lipinski definition) is 2. The van der Waals surface area contributed by atoms with Crippen molar-refractivity contribution in [1.29, 1.82) is 5.26 Å². The van der Waals surface area contributed by atoms with E-state index in [0.717, 1.165) is 5.56 Å². The largest absolute Gasteiger partial charge is 0.508 e. The quantitative estimate of drug-likeness (QED) is 0.198. The molecule has 0 saturated carbocycles. The van der Waals surface area contributed by atoms with Crippen LogP contribution in [0.2, 0.25) is 10.0 Å². The smallest absolute Gasteiger partial charge is 0.266 e. The normalized spacial score (nSPS) is 10.9. The molecular weight excluding hydrogens is 531 g/mol. The molecule has 33 heavy (non-hydrogen) atoms. The highest BCUT2D eigenvalue weighted by Crippen LogP contribution is 2.35. The Morgan fingerprint density at radius 2 is 1.85 bits per heavy atom. The first kappa shape index (κ1) is 24.5. The van der Waals surface area contributed by atoms with Crippen LogP contribution < -0.4 is 14.8 Å². The lowest BCUT2D eigenvalue weighted by Gasteiger charge is -2.13. The highest BCUT2D eigenvalue weighted by molar-refractivity contribution is 9.10. The number of halogens is 3. The van der Waals surface area contributed by atoms with Crippen molar-refractivity contribution in [2.45, 2.75) is 6.61 Å². The van der Waals surface area contributed by atoms with E-state index in [0.29, 0.717) is 37.3 Å². The second kappa shape index (κ2) is 11.1. The molecule has 2 N–H and O–H groups in total. The number of hydrogen-bond acceptors (Lipinski definition) is 5. The first-order valence-electron chi connectivity index (χ1n) is 9.47. The van der Waals surface area contributed by atoms with Crippen LogP contribution in [0, 0.1) is 11.3 Å². The summed E-state index contributed by atoms with van der Waals surface area (Å²) in [6.07, 6.45) is 1.44. The van der Waals surface area contributed by atoms with Gasteiger partial charge in [0.05, 0.1) is 17.2 Å². The summed E-state index contributed by atoms with van der Waals surface area (Å²) in [6.45, 7) is 0.230. The Morgan fingerprint density at radius 1 is 1.12 bits per heavy atom. The molecule has 0 bridgehead atoms. The molecule has 3 aromatic carbocycles. The van der Waals surface area contributed by atoms with Crippen LogP contribution in [0.25, 0.3) is 6.08 Å². The maximum atomic E-state index is 12.5. The van der Waals surface area contributed by atoms with E-state index < -0.39 is 5.91 Å². The topological polar surface area (TPSA) is 91.6 Å². The summed E-state index contributed by atoms with van der Waals surface area (Å²) in [6, 6.07) is 16.4. The van der Waals surface area contributed by atoms with Gasteiger partial charge in [-0.3, -0.25) is 4.79 Å². The molecule has 0 aliphatic heterocycles. The molecule has 6 nitrogen and oxygen atoms in total. The molecule has 0 spiro atoms. The van der Waals surface area contributed by atoms with Crippen molar-refractivity contribution >= 4 is 56.8 Å². The Kier molecular flexibility index (Phi) is 8.23. The van der Waals surface area contributed by atoms with Gasteiger partial charge in [0.25, 0.3) is 5.91 Å². The van der Waals surface area contributed by atoms with Gasteiger partial charge in [0.15, 0.2) is 11.5 Å². The number of rotatable bonds is 7. The zero-order valence-corrected chi connectivity index (χ0v) is 20.3. The van der Waals surface area contributed by atoms with Gasteiger partial charge in [0, 0.05) is 10.2 Å². The van der Waals surface area contributed by atoms with Crippen molar-refractivity contribution < 1.29 is 19.4 Å². The Morgan fingerprint density at radius 3 is 2.48 bits per heavy atom. The first-order chi connectivity index (χ1) is 15.8. The van der Waals surface area contributed by atoms with Crippen molar-refractivity contribution in [3.05, 3.63) is 85.8 Å². The van der Waals surface area contributed by atoms with Crippen LogP contribution in [0.15, 0.2) is 64.6 Å². The molecule has 0 aliphatic carbocycles. The fourth-order valence-electron chi connectivity index (χ4n) is 2.77. The van der Waals surface area contributed by atoms with Crippen molar-refractivity contribution in [3.63, 3.8) is 0 Å². The van der Waals surface area contributed by atoms with Crippen molar-refractivity contribution in [3.8, 4) is 23.3 Å². The number of amides is 1. The number of phenolic OH excluding ortho intramolecular Hbond substituents is 1. The number of carbonyl (C=O) groups is 1. The average Bonchev–Trinajstić information content (AvgIpc) is 2.80. The molecule has 0 aliphatic rings. The first-order valence-corrected chi connectivity index (χ1v) is 11.0. The number of nitrogens with one attached hydrogen (secondary N) is 1. The summed E-state index contributed by atoms with van der Waals surface area (Å²) >= 11 is 15.4. The van der Waals surface area contributed by atoms with Crippen LogP contribution >= 0.6 is 39.1 Å².